The molecule has 1 heterocycles. The van der Waals surface area contributed by atoms with E-state index >= 15 is 0 Å². The minimum absolute atomic E-state index is 0.289. The summed E-state index contributed by atoms with van der Waals surface area (Å²) < 4.78 is 11.5. The molecule has 0 unspecified atom stereocenters. The fourth-order valence-electron chi connectivity index (χ4n) is 3.85. The molecule has 1 aliphatic heterocycles. The molecule has 6 nitrogen and oxygen atoms in total. The number of benzene rings is 2. The van der Waals surface area contributed by atoms with Crippen LogP contribution in [0.5, 0.6) is 11.5 Å². The minimum atomic E-state index is -0.528. The Kier molecular flexibility index (Phi) is 8.93. The predicted octanol–water partition coefficient (Wildman–Crippen LogP) is 2.72. The highest BCUT2D eigenvalue weighted by Gasteiger charge is 2.21. The molecule has 1 fully saturated rings. The van der Waals surface area contributed by atoms with E-state index in [2.05, 4.69) is 37.5 Å². The van der Waals surface area contributed by atoms with Crippen molar-refractivity contribution in [1.82, 2.24) is 9.80 Å². The van der Waals surface area contributed by atoms with Crippen molar-refractivity contribution in [3.63, 3.8) is 0 Å². The molecule has 0 amide bonds. The zero-order valence-corrected chi connectivity index (χ0v) is 19.9. The lowest BCUT2D eigenvalue weighted by Crippen LogP contribution is -2.51. The van der Waals surface area contributed by atoms with Gasteiger partial charge in [0.2, 0.25) is 0 Å². The first-order valence-corrected chi connectivity index (χ1v) is 11.5. The lowest BCUT2D eigenvalue weighted by Gasteiger charge is -2.36. The second-order valence-corrected chi connectivity index (χ2v) is 9.02. The molecular weight excluding hydrogens is 404 g/mol. The third kappa shape index (κ3) is 7.48. The molecule has 0 spiro atoms. The zero-order chi connectivity index (χ0) is 23.1. The first-order valence-electron chi connectivity index (χ1n) is 11.5. The molecule has 1 saturated heterocycles. The molecule has 0 bridgehead atoms. The van der Waals surface area contributed by atoms with E-state index in [4.69, 9.17) is 9.47 Å². The second-order valence-electron chi connectivity index (χ2n) is 9.02. The largest absolute Gasteiger partial charge is 0.491 e. The van der Waals surface area contributed by atoms with Crippen molar-refractivity contribution in [2.45, 2.75) is 39.9 Å². The molecular formula is C26H38N2O4. The van der Waals surface area contributed by atoms with Crippen molar-refractivity contribution in [3.8, 4) is 11.5 Å². The monoisotopic (exact) mass is 442 g/mol. The summed E-state index contributed by atoms with van der Waals surface area (Å²) in [6, 6.07) is 12.0. The van der Waals surface area contributed by atoms with E-state index in [-0.39, 0.29) is 13.2 Å². The SMILES string of the molecule is Cc1ccc(OC[C@@H](O)CN2CCN(C[C@H](O)COc3ccc(C)c(C)c3)CC2)cc1C. The van der Waals surface area contributed by atoms with Crippen LogP contribution < -0.4 is 9.47 Å². The van der Waals surface area contributed by atoms with Gasteiger partial charge in [0, 0.05) is 39.3 Å². The third-order valence-electron chi connectivity index (χ3n) is 6.24. The van der Waals surface area contributed by atoms with Crippen molar-refractivity contribution in [2.75, 3.05) is 52.5 Å². The van der Waals surface area contributed by atoms with Gasteiger partial charge in [0.15, 0.2) is 0 Å². The van der Waals surface area contributed by atoms with Crippen LogP contribution >= 0.6 is 0 Å². The minimum Gasteiger partial charge on any atom is -0.491 e. The van der Waals surface area contributed by atoms with E-state index in [0.717, 1.165) is 37.7 Å². The van der Waals surface area contributed by atoms with Gasteiger partial charge in [-0.25, -0.2) is 0 Å². The Labute approximate surface area is 192 Å². The van der Waals surface area contributed by atoms with Crippen molar-refractivity contribution >= 4 is 0 Å². The molecule has 0 saturated carbocycles. The van der Waals surface area contributed by atoms with Crippen LogP contribution in [0.2, 0.25) is 0 Å². The number of β-amino-alcohol motifs (C(OH)–C–C–N with tert-alkyl or cyclic N) is 2. The van der Waals surface area contributed by atoms with Gasteiger partial charge in [-0.05, 0) is 74.2 Å². The number of hydrogen-bond acceptors (Lipinski definition) is 6. The zero-order valence-electron chi connectivity index (χ0n) is 19.9. The lowest BCUT2D eigenvalue weighted by molar-refractivity contribution is 0.0240. The first kappa shape index (κ1) is 24.5. The van der Waals surface area contributed by atoms with Gasteiger partial charge < -0.3 is 19.7 Å². The van der Waals surface area contributed by atoms with Gasteiger partial charge in [-0.3, -0.25) is 9.80 Å². The molecule has 6 heteroatoms. The van der Waals surface area contributed by atoms with Gasteiger partial charge in [-0.2, -0.15) is 0 Å². The first-order chi connectivity index (χ1) is 15.3. The maximum Gasteiger partial charge on any atom is 0.119 e. The van der Waals surface area contributed by atoms with E-state index in [1.54, 1.807) is 0 Å². The summed E-state index contributed by atoms with van der Waals surface area (Å²) in [5.41, 5.74) is 4.85. The van der Waals surface area contributed by atoms with Gasteiger partial charge >= 0.3 is 0 Å². The van der Waals surface area contributed by atoms with Gasteiger partial charge in [0.05, 0.1) is 0 Å². The molecule has 0 aliphatic carbocycles. The molecule has 1 aliphatic rings. The Morgan fingerprint density at radius 1 is 0.656 bits per heavy atom. The van der Waals surface area contributed by atoms with Gasteiger partial charge in [0.25, 0.3) is 0 Å². The normalized spacial score (nSPS) is 17.2. The average molecular weight is 443 g/mol. The quantitative estimate of drug-likeness (QED) is 0.590. The molecule has 2 aromatic carbocycles. The van der Waals surface area contributed by atoms with Crippen LogP contribution in [0.4, 0.5) is 0 Å². The fourth-order valence-corrected chi connectivity index (χ4v) is 3.85. The molecule has 0 radical (unpaired) electrons. The third-order valence-corrected chi connectivity index (χ3v) is 6.24. The standard InChI is InChI=1S/C26H38N2O4/c1-19-5-7-25(13-21(19)3)31-17-23(29)15-27-9-11-28(12-10-27)16-24(30)18-32-26-8-6-20(2)22(4)14-26/h5-8,13-14,23-24,29-30H,9-12,15-18H2,1-4H3/t23-,24-/m0/s1. The number of piperazine rings is 1. The highest BCUT2D eigenvalue weighted by Crippen LogP contribution is 2.18. The number of ether oxygens (including phenoxy) is 2. The number of aliphatic hydroxyl groups excluding tert-OH is 2. The summed E-state index contributed by atoms with van der Waals surface area (Å²) in [6.07, 6.45) is -1.06. The Morgan fingerprint density at radius 2 is 1.03 bits per heavy atom. The lowest BCUT2D eigenvalue weighted by atomic mass is 10.1. The van der Waals surface area contributed by atoms with Crippen molar-refractivity contribution < 1.29 is 19.7 Å². The second kappa shape index (κ2) is 11.7. The van der Waals surface area contributed by atoms with Crippen LogP contribution in [0.3, 0.4) is 0 Å². The van der Waals surface area contributed by atoms with Gasteiger partial charge in [-0.1, -0.05) is 12.1 Å². The van der Waals surface area contributed by atoms with Gasteiger partial charge in [0.1, 0.15) is 36.9 Å². The van der Waals surface area contributed by atoms with Crippen LogP contribution in [0.15, 0.2) is 36.4 Å². The number of hydrogen-bond donors (Lipinski definition) is 2. The fraction of sp³-hybridized carbons (Fsp3) is 0.538. The summed E-state index contributed by atoms with van der Waals surface area (Å²) in [5, 5.41) is 20.8. The molecule has 3 rings (SSSR count). The van der Waals surface area contributed by atoms with Crippen LogP contribution in [0.25, 0.3) is 0 Å². The van der Waals surface area contributed by atoms with E-state index in [9.17, 15) is 10.2 Å². The van der Waals surface area contributed by atoms with Crippen LogP contribution in [0, 0.1) is 27.7 Å². The summed E-state index contributed by atoms with van der Waals surface area (Å²) in [4.78, 5) is 4.51. The Morgan fingerprint density at radius 3 is 1.38 bits per heavy atom. The number of aryl methyl sites for hydroxylation is 4. The molecule has 32 heavy (non-hydrogen) atoms. The number of nitrogens with zero attached hydrogens (tertiary/aromatic N) is 2. The van der Waals surface area contributed by atoms with Gasteiger partial charge in [-0.15, -0.1) is 0 Å². The van der Waals surface area contributed by atoms with Crippen molar-refractivity contribution in [1.29, 1.82) is 0 Å². The van der Waals surface area contributed by atoms with E-state index < -0.39 is 12.2 Å². The summed E-state index contributed by atoms with van der Waals surface area (Å²) in [6.45, 7) is 13.5. The maximum atomic E-state index is 10.4. The topological polar surface area (TPSA) is 65.4 Å². The summed E-state index contributed by atoms with van der Waals surface area (Å²) >= 11 is 0. The Bertz CT molecular complexity index is 793. The van der Waals surface area contributed by atoms with Crippen LogP contribution in [-0.4, -0.2) is 84.7 Å². The van der Waals surface area contributed by atoms with Crippen molar-refractivity contribution in [3.05, 3.63) is 58.7 Å². The molecule has 2 aromatic rings. The number of aliphatic hydroxyl groups is 2. The average Bonchev–Trinajstić information content (AvgIpc) is 2.77. The van der Waals surface area contributed by atoms with E-state index in [1.807, 2.05) is 36.4 Å². The molecule has 2 atom stereocenters. The number of rotatable bonds is 10. The predicted molar refractivity (Wildman–Crippen MR) is 128 cm³/mol. The van der Waals surface area contributed by atoms with E-state index in [1.165, 1.54) is 22.3 Å². The van der Waals surface area contributed by atoms with E-state index in [0.29, 0.717) is 13.1 Å². The molecule has 0 aromatic heterocycles. The van der Waals surface area contributed by atoms with Crippen LogP contribution in [-0.2, 0) is 0 Å². The highest BCUT2D eigenvalue weighted by molar-refractivity contribution is 5.34. The van der Waals surface area contributed by atoms with Crippen molar-refractivity contribution in [2.24, 2.45) is 0 Å². The summed E-state index contributed by atoms with van der Waals surface area (Å²) in [7, 11) is 0. The Hall–Kier alpha value is -2.12. The summed E-state index contributed by atoms with van der Waals surface area (Å²) in [5.74, 6) is 1.60. The smallest absolute Gasteiger partial charge is 0.119 e. The molecule has 176 valence electrons. The maximum absolute atomic E-state index is 10.4. The Balaban J connectivity index is 1.32. The van der Waals surface area contributed by atoms with Crippen LogP contribution in [0.1, 0.15) is 22.3 Å². The highest BCUT2D eigenvalue weighted by atomic mass is 16.5. The molecule has 2 N–H and O–H groups in total.